The minimum Gasteiger partial charge on any atom is -0.402 e. The number of cyclic esters (lactones) is 1. The third-order valence-electron chi connectivity index (χ3n) is 4.84. The molecule has 4 rings (SSSR count). The van der Waals surface area contributed by atoms with Gasteiger partial charge in [-0.05, 0) is 49.1 Å². The number of rotatable bonds is 4. The summed E-state index contributed by atoms with van der Waals surface area (Å²) in [4.78, 5) is 29.2. The lowest BCUT2D eigenvalue weighted by molar-refractivity contribution is -0.384. The van der Waals surface area contributed by atoms with Gasteiger partial charge in [0.15, 0.2) is 5.70 Å². The van der Waals surface area contributed by atoms with Crippen molar-refractivity contribution in [2.45, 2.75) is 19.3 Å². The molecule has 2 heterocycles. The molecule has 0 bridgehead atoms. The SMILES string of the molecule is O=C1OC(c2cccc([N+](=O)[O-])c2)=N/C1=C\c1ccc(N2CCCCC2)cc1. The quantitative estimate of drug-likeness (QED) is 0.349. The lowest BCUT2D eigenvalue weighted by atomic mass is 10.1. The summed E-state index contributed by atoms with van der Waals surface area (Å²) >= 11 is 0. The molecule has 1 saturated heterocycles. The van der Waals surface area contributed by atoms with Gasteiger partial charge in [0, 0.05) is 36.5 Å². The Balaban J connectivity index is 1.55. The minimum absolute atomic E-state index is 0.0740. The number of nitro groups is 1. The molecule has 1 fully saturated rings. The van der Waals surface area contributed by atoms with E-state index in [4.69, 9.17) is 4.74 Å². The predicted molar refractivity (Wildman–Crippen MR) is 106 cm³/mol. The highest BCUT2D eigenvalue weighted by Crippen LogP contribution is 2.24. The summed E-state index contributed by atoms with van der Waals surface area (Å²) in [5.74, 6) is -0.494. The van der Waals surface area contributed by atoms with Gasteiger partial charge in [-0.1, -0.05) is 18.2 Å². The van der Waals surface area contributed by atoms with Crippen LogP contribution in [0.3, 0.4) is 0 Å². The van der Waals surface area contributed by atoms with E-state index in [0.717, 1.165) is 18.7 Å². The summed E-state index contributed by atoms with van der Waals surface area (Å²) in [6, 6.07) is 13.9. The predicted octanol–water partition coefficient (Wildman–Crippen LogP) is 3.93. The fraction of sp³-hybridized carbons (Fsp3) is 0.238. The fourth-order valence-corrected chi connectivity index (χ4v) is 3.38. The average Bonchev–Trinajstić information content (AvgIpc) is 3.10. The second kappa shape index (κ2) is 7.64. The van der Waals surface area contributed by atoms with E-state index in [1.165, 1.54) is 43.1 Å². The van der Waals surface area contributed by atoms with Gasteiger partial charge in [0.2, 0.25) is 5.90 Å². The Morgan fingerprint density at radius 1 is 1.07 bits per heavy atom. The Morgan fingerprint density at radius 3 is 2.54 bits per heavy atom. The first-order valence-electron chi connectivity index (χ1n) is 9.22. The number of anilines is 1. The van der Waals surface area contributed by atoms with Crippen molar-refractivity contribution in [2.75, 3.05) is 18.0 Å². The van der Waals surface area contributed by atoms with Crippen molar-refractivity contribution in [2.24, 2.45) is 4.99 Å². The summed E-state index contributed by atoms with van der Waals surface area (Å²) in [6.45, 7) is 2.15. The van der Waals surface area contributed by atoms with Crippen LogP contribution in [0.4, 0.5) is 11.4 Å². The van der Waals surface area contributed by atoms with Crippen molar-refractivity contribution >= 4 is 29.3 Å². The number of aliphatic imine (C=N–C) groups is 1. The molecule has 7 heteroatoms. The fourth-order valence-electron chi connectivity index (χ4n) is 3.38. The highest BCUT2D eigenvalue weighted by Gasteiger charge is 2.25. The standard InChI is InChI=1S/C21H19N3O4/c25-21-19(22-20(28-21)16-5-4-6-18(14-16)24(26)27)13-15-7-9-17(10-8-15)23-11-2-1-3-12-23/h4-10,13-14H,1-3,11-12H2/b19-13-. The van der Waals surface area contributed by atoms with E-state index in [1.807, 2.05) is 24.3 Å². The molecule has 0 spiro atoms. The number of hydrogen-bond acceptors (Lipinski definition) is 6. The van der Waals surface area contributed by atoms with E-state index in [0.29, 0.717) is 5.56 Å². The molecule has 28 heavy (non-hydrogen) atoms. The van der Waals surface area contributed by atoms with E-state index in [2.05, 4.69) is 9.89 Å². The average molecular weight is 377 g/mol. The lowest BCUT2D eigenvalue weighted by Gasteiger charge is -2.28. The van der Waals surface area contributed by atoms with E-state index in [-0.39, 0.29) is 17.3 Å². The molecule has 2 aliphatic heterocycles. The van der Waals surface area contributed by atoms with E-state index >= 15 is 0 Å². The van der Waals surface area contributed by atoms with Crippen LogP contribution >= 0.6 is 0 Å². The number of hydrogen-bond donors (Lipinski definition) is 0. The largest absolute Gasteiger partial charge is 0.402 e. The number of nitrogens with zero attached hydrogens (tertiary/aromatic N) is 3. The van der Waals surface area contributed by atoms with Crippen LogP contribution in [0.2, 0.25) is 0 Å². The summed E-state index contributed by atoms with van der Waals surface area (Å²) in [5, 5.41) is 10.9. The zero-order valence-electron chi connectivity index (χ0n) is 15.2. The Hall–Kier alpha value is -3.48. The first-order chi connectivity index (χ1) is 13.6. The van der Waals surface area contributed by atoms with Gasteiger partial charge in [-0.3, -0.25) is 10.1 Å². The van der Waals surface area contributed by atoms with Crippen molar-refractivity contribution in [1.82, 2.24) is 0 Å². The van der Waals surface area contributed by atoms with Gasteiger partial charge in [-0.25, -0.2) is 9.79 Å². The number of esters is 1. The number of ether oxygens (including phenoxy) is 1. The Kier molecular flexibility index (Phi) is 4.89. The van der Waals surface area contributed by atoms with Crippen molar-refractivity contribution in [3.05, 3.63) is 75.5 Å². The summed E-state index contributed by atoms with van der Waals surface area (Å²) < 4.78 is 5.20. The van der Waals surface area contributed by atoms with Crippen molar-refractivity contribution in [3.8, 4) is 0 Å². The van der Waals surface area contributed by atoms with Crippen LogP contribution in [0, 0.1) is 10.1 Å². The zero-order valence-corrected chi connectivity index (χ0v) is 15.2. The number of piperidine rings is 1. The molecule has 2 aromatic rings. The molecule has 0 amide bonds. The van der Waals surface area contributed by atoms with Crippen molar-refractivity contribution in [3.63, 3.8) is 0 Å². The van der Waals surface area contributed by atoms with E-state index < -0.39 is 10.9 Å². The zero-order chi connectivity index (χ0) is 19.5. The molecule has 0 aromatic heterocycles. The minimum atomic E-state index is -0.568. The van der Waals surface area contributed by atoms with Crippen LogP contribution in [0.25, 0.3) is 6.08 Å². The molecule has 142 valence electrons. The lowest BCUT2D eigenvalue weighted by Crippen LogP contribution is -2.29. The van der Waals surface area contributed by atoms with Crippen LogP contribution in [-0.4, -0.2) is 29.9 Å². The number of carbonyl (C=O) groups excluding carboxylic acids is 1. The Bertz CT molecular complexity index is 973. The molecule has 0 N–H and O–H groups in total. The molecule has 2 aliphatic rings. The van der Waals surface area contributed by atoms with Gasteiger partial charge < -0.3 is 9.64 Å². The highest BCUT2D eigenvalue weighted by molar-refractivity contribution is 6.13. The molecule has 0 radical (unpaired) electrons. The second-order valence-corrected chi connectivity index (χ2v) is 6.78. The molecular weight excluding hydrogens is 358 g/mol. The number of benzene rings is 2. The molecule has 7 nitrogen and oxygen atoms in total. The van der Waals surface area contributed by atoms with Crippen molar-refractivity contribution < 1.29 is 14.5 Å². The second-order valence-electron chi connectivity index (χ2n) is 6.78. The van der Waals surface area contributed by atoms with Crippen LogP contribution in [-0.2, 0) is 9.53 Å². The van der Waals surface area contributed by atoms with Gasteiger partial charge in [-0.2, -0.15) is 0 Å². The van der Waals surface area contributed by atoms with Crippen LogP contribution < -0.4 is 4.90 Å². The van der Waals surface area contributed by atoms with Crippen LogP contribution in [0.15, 0.2) is 59.2 Å². The molecular formula is C21H19N3O4. The van der Waals surface area contributed by atoms with Gasteiger partial charge >= 0.3 is 5.97 Å². The first kappa shape index (κ1) is 17.9. The van der Waals surface area contributed by atoms with Gasteiger partial charge in [0.25, 0.3) is 5.69 Å². The molecule has 0 saturated carbocycles. The summed E-state index contributed by atoms with van der Waals surface area (Å²) in [7, 11) is 0. The van der Waals surface area contributed by atoms with Crippen LogP contribution in [0.5, 0.6) is 0 Å². The highest BCUT2D eigenvalue weighted by atomic mass is 16.6. The van der Waals surface area contributed by atoms with E-state index in [1.54, 1.807) is 12.1 Å². The maximum Gasteiger partial charge on any atom is 0.363 e. The maximum absolute atomic E-state index is 12.1. The first-order valence-corrected chi connectivity index (χ1v) is 9.22. The number of non-ortho nitro benzene ring substituents is 1. The van der Waals surface area contributed by atoms with Gasteiger partial charge in [-0.15, -0.1) is 0 Å². The van der Waals surface area contributed by atoms with Crippen molar-refractivity contribution in [1.29, 1.82) is 0 Å². The molecule has 0 unspecified atom stereocenters. The summed E-state index contributed by atoms with van der Waals surface area (Å²) in [6.07, 6.45) is 5.37. The molecule has 2 aromatic carbocycles. The third-order valence-corrected chi connectivity index (χ3v) is 4.84. The van der Waals surface area contributed by atoms with Gasteiger partial charge in [0.1, 0.15) is 0 Å². The Morgan fingerprint density at radius 2 is 1.82 bits per heavy atom. The third kappa shape index (κ3) is 3.78. The normalized spacial score (nSPS) is 18.1. The summed E-state index contributed by atoms with van der Waals surface area (Å²) in [5.41, 5.74) is 2.51. The smallest absolute Gasteiger partial charge is 0.363 e. The maximum atomic E-state index is 12.1. The van der Waals surface area contributed by atoms with Gasteiger partial charge in [0.05, 0.1) is 4.92 Å². The number of nitro benzene ring substituents is 1. The van der Waals surface area contributed by atoms with E-state index in [9.17, 15) is 14.9 Å². The Labute approximate surface area is 162 Å². The molecule has 0 atom stereocenters. The number of carbonyl (C=O) groups is 1. The van der Waals surface area contributed by atoms with Crippen LogP contribution in [0.1, 0.15) is 30.4 Å². The monoisotopic (exact) mass is 377 g/mol. The topological polar surface area (TPSA) is 85.0 Å². The molecule has 0 aliphatic carbocycles.